The summed E-state index contributed by atoms with van der Waals surface area (Å²) in [4.78, 5) is 22.7. The minimum absolute atomic E-state index is 0.0472. The number of ketones is 2. The van der Waals surface area contributed by atoms with E-state index < -0.39 is 0 Å². The molecule has 0 spiro atoms. The van der Waals surface area contributed by atoms with Gasteiger partial charge in [-0.1, -0.05) is 50.1 Å². The maximum absolute atomic E-state index is 11.5. The van der Waals surface area contributed by atoms with E-state index in [9.17, 15) is 9.59 Å². The van der Waals surface area contributed by atoms with E-state index in [0.29, 0.717) is 19.4 Å². The van der Waals surface area contributed by atoms with Crippen LogP contribution in [0.3, 0.4) is 0 Å². The first-order chi connectivity index (χ1) is 13.8. The second-order valence-corrected chi connectivity index (χ2v) is 8.60. The summed E-state index contributed by atoms with van der Waals surface area (Å²) < 4.78 is 7.06. The van der Waals surface area contributed by atoms with Crippen LogP contribution in [0.2, 0.25) is 0 Å². The zero-order chi connectivity index (χ0) is 21.4. The molecule has 29 heavy (non-hydrogen) atoms. The quantitative estimate of drug-likeness (QED) is 0.343. The smallest absolute Gasteiger partial charge is 0.163 e. The normalized spacial score (nSPS) is 12.4. The Balaban J connectivity index is 0.000000211. The second-order valence-electron chi connectivity index (χ2n) is 6.83. The monoisotopic (exact) mass is 518 g/mol. The Labute approximate surface area is 189 Å². The number of carbonyl (C=O) groups is 2. The van der Waals surface area contributed by atoms with Gasteiger partial charge in [0.25, 0.3) is 0 Å². The third-order valence-electron chi connectivity index (χ3n) is 4.16. The number of hydrogen-bond donors (Lipinski definition) is 0. The summed E-state index contributed by atoms with van der Waals surface area (Å²) in [6, 6.07) is 10.1. The molecule has 0 atom stereocenters. The highest BCUT2D eigenvalue weighted by atomic mass is 79.9. The van der Waals surface area contributed by atoms with E-state index in [2.05, 4.69) is 44.0 Å². The van der Waals surface area contributed by atoms with Crippen molar-refractivity contribution in [2.24, 2.45) is 0 Å². The molecule has 1 aliphatic carbocycles. The van der Waals surface area contributed by atoms with E-state index in [1.807, 2.05) is 45.0 Å². The van der Waals surface area contributed by atoms with Crippen LogP contribution in [0.1, 0.15) is 34.7 Å². The zero-order valence-electron chi connectivity index (χ0n) is 16.8. The van der Waals surface area contributed by atoms with Crippen molar-refractivity contribution >= 4 is 49.5 Å². The molecule has 0 bridgehead atoms. The number of fused-ring (bicyclic) bond motifs is 1. The summed E-state index contributed by atoms with van der Waals surface area (Å²) >= 11 is 6.90. The zero-order valence-corrected chi connectivity index (χ0v) is 20.0. The molecule has 152 valence electrons. The molecule has 0 radical (unpaired) electrons. The van der Waals surface area contributed by atoms with E-state index in [-0.39, 0.29) is 11.6 Å². The molecule has 0 heterocycles. The van der Waals surface area contributed by atoms with Gasteiger partial charge in [0.15, 0.2) is 11.6 Å². The minimum atomic E-state index is 0.0472. The molecule has 2 aromatic carbocycles. The number of carbonyl (C=O) groups excluding carboxylic acids is 2. The van der Waals surface area contributed by atoms with Crippen molar-refractivity contribution in [2.45, 2.75) is 33.6 Å². The lowest BCUT2D eigenvalue weighted by Crippen LogP contribution is -2.05. The molecule has 3 nitrogen and oxygen atoms in total. The summed E-state index contributed by atoms with van der Waals surface area (Å²) in [5.74, 6) is 0.232. The number of hydrogen-bond acceptors (Lipinski definition) is 3. The van der Waals surface area contributed by atoms with Crippen LogP contribution in [0.25, 0.3) is 6.08 Å². The maximum atomic E-state index is 11.5. The highest BCUT2D eigenvalue weighted by molar-refractivity contribution is 9.10. The van der Waals surface area contributed by atoms with Crippen LogP contribution in [-0.2, 0) is 27.2 Å². The average Bonchev–Trinajstić information content (AvgIpc) is 2.61. The van der Waals surface area contributed by atoms with Gasteiger partial charge >= 0.3 is 0 Å². The van der Waals surface area contributed by atoms with Gasteiger partial charge in [-0.3, -0.25) is 9.59 Å². The number of rotatable bonds is 5. The highest BCUT2D eigenvalue weighted by Crippen LogP contribution is 2.27. The van der Waals surface area contributed by atoms with Gasteiger partial charge in [0, 0.05) is 27.9 Å². The van der Waals surface area contributed by atoms with Gasteiger partial charge in [-0.25, -0.2) is 0 Å². The van der Waals surface area contributed by atoms with Crippen LogP contribution in [0.5, 0.6) is 0 Å². The van der Waals surface area contributed by atoms with Crippen LogP contribution in [0.4, 0.5) is 0 Å². The Bertz CT molecular complexity index is 939. The summed E-state index contributed by atoms with van der Waals surface area (Å²) in [5.41, 5.74) is 5.61. The lowest BCUT2D eigenvalue weighted by Gasteiger charge is -2.12. The number of aryl methyl sites for hydroxylation is 2. The van der Waals surface area contributed by atoms with Gasteiger partial charge in [-0.15, -0.1) is 0 Å². The van der Waals surface area contributed by atoms with E-state index in [0.717, 1.165) is 31.2 Å². The molecular weight excluding hydrogens is 496 g/mol. The average molecular weight is 520 g/mol. The third kappa shape index (κ3) is 7.75. The maximum Gasteiger partial charge on any atom is 0.163 e. The first-order valence-corrected chi connectivity index (χ1v) is 10.9. The minimum Gasteiger partial charge on any atom is -0.501 e. The largest absolute Gasteiger partial charge is 0.501 e. The van der Waals surface area contributed by atoms with Crippen molar-refractivity contribution in [1.82, 2.24) is 0 Å². The van der Waals surface area contributed by atoms with E-state index in [4.69, 9.17) is 4.74 Å². The van der Waals surface area contributed by atoms with E-state index >= 15 is 0 Å². The van der Waals surface area contributed by atoms with Gasteiger partial charge in [0.2, 0.25) is 0 Å². The summed E-state index contributed by atoms with van der Waals surface area (Å²) in [5, 5.41) is 0. The van der Waals surface area contributed by atoms with Crippen molar-refractivity contribution in [3.8, 4) is 0 Å². The lowest BCUT2D eigenvalue weighted by atomic mass is 9.95. The SMILES string of the molecule is CCO/C=C/C(=O)Cc1cc(C)cc(Br)c1.Cc1cc(Br)c2c(c1)CC(=O)C=C2. The molecule has 0 amide bonds. The third-order valence-corrected chi connectivity index (χ3v) is 5.27. The highest BCUT2D eigenvalue weighted by Gasteiger charge is 2.12. The molecule has 0 saturated heterocycles. The van der Waals surface area contributed by atoms with Crippen LogP contribution >= 0.6 is 31.9 Å². The van der Waals surface area contributed by atoms with Gasteiger partial charge in [-0.05, 0) is 72.9 Å². The number of benzene rings is 2. The number of ether oxygens (including phenoxy) is 1. The van der Waals surface area contributed by atoms with Crippen molar-refractivity contribution in [1.29, 1.82) is 0 Å². The summed E-state index contributed by atoms with van der Waals surface area (Å²) in [6.07, 6.45) is 7.38. The fourth-order valence-corrected chi connectivity index (χ4v) is 4.38. The topological polar surface area (TPSA) is 43.4 Å². The number of allylic oxidation sites excluding steroid dienone is 2. The fraction of sp³-hybridized carbons (Fsp3) is 0.250. The van der Waals surface area contributed by atoms with Gasteiger partial charge < -0.3 is 4.74 Å². The van der Waals surface area contributed by atoms with Gasteiger partial charge in [0.1, 0.15) is 0 Å². The molecule has 5 heteroatoms. The summed E-state index contributed by atoms with van der Waals surface area (Å²) in [7, 11) is 0. The van der Waals surface area contributed by atoms with Crippen LogP contribution in [0, 0.1) is 13.8 Å². The Morgan fingerprint density at radius 2 is 1.79 bits per heavy atom. The number of halogens is 2. The Morgan fingerprint density at radius 1 is 1.07 bits per heavy atom. The molecule has 3 rings (SSSR count). The molecule has 0 aliphatic heterocycles. The van der Waals surface area contributed by atoms with Crippen molar-refractivity contribution in [3.05, 3.63) is 85.5 Å². The van der Waals surface area contributed by atoms with Crippen LogP contribution < -0.4 is 0 Å². The Morgan fingerprint density at radius 3 is 2.48 bits per heavy atom. The van der Waals surface area contributed by atoms with Gasteiger partial charge in [0.05, 0.1) is 12.9 Å². The second kappa shape index (κ2) is 11.3. The van der Waals surface area contributed by atoms with E-state index in [1.54, 1.807) is 6.08 Å². The molecule has 1 aliphatic rings. The van der Waals surface area contributed by atoms with Gasteiger partial charge in [-0.2, -0.15) is 0 Å². The molecule has 0 fully saturated rings. The first kappa shape index (κ1) is 23.3. The molecule has 0 unspecified atom stereocenters. The molecule has 0 saturated carbocycles. The predicted octanol–water partition coefficient (Wildman–Crippen LogP) is 6.32. The standard InChI is InChI=1S/C13H15BrO2.C11H9BrO/c1-3-16-5-4-13(15)9-11-6-10(2)7-12(14)8-11;1-7-4-8-6-9(13)2-3-10(8)11(12)5-7/h4-8H,3,9H2,1-2H3;2-5H,6H2,1H3/b5-4+;. The van der Waals surface area contributed by atoms with Crippen LogP contribution in [0.15, 0.2) is 57.7 Å². The Hall–Kier alpha value is -1.98. The van der Waals surface area contributed by atoms with Crippen LogP contribution in [-0.4, -0.2) is 18.2 Å². The molecule has 0 aromatic heterocycles. The first-order valence-electron chi connectivity index (χ1n) is 9.35. The molecular formula is C24H24Br2O3. The fourth-order valence-electron chi connectivity index (χ4n) is 2.98. The van der Waals surface area contributed by atoms with E-state index in [1.165, 1.54) is 17.9 Å². The van der Waals surface area contributed by atoms with Crippen molar-refractivity contribution < 1.29 is 14.3 Å². The lowest BCUT2D eigenvalue weighted by molar-refractivity contribution is -0.114. The Kier molecular flexibility index (Phi) is 9.05. The summed E-state index contributed by atoms with van der Waals surface area (Å²) in [6.45, 7) is 6.51. The molecule has 0 N–H and O–H groups in total. The van der Waals surface area contributed by atoms with Crippen molar-refractivity contribution in [3.63, 3.8) is 0 Å². The predicted molar refractivity (Wildman–Crippen MR) is 125 cm³/mol. The van der Waals surface area contributed by atoms with Crippen molar-refractivity contribution in [2.75, 3.05) is 6.61 Å². The molecule has 2 aromatic rings.